The van der Waals surface area contributed by atoms with Crippen LogP contribution in [0, 0.1) is 0 Å². The summed E-state index contributed by atoms with van der Waals surface area (Å²) in [6.45, 7) is 0.285. The second kappa shape index (κ2) is 10.3. The van der Waals surface area contributed by atoms with Gasteiger partial charge in [0.05, 0.1) is 23.1 Å². The van der Waals surface area contributed by atoms with E-state index in [9.17, 15) is 13.2 Å². The molecule has 0 aliphatic carbocycles. The Kier molecular flexibility index (Phi) is 6.45. The molecule has 6 aromatic rings. The van der Waals surface area contributed by atoms with E-state index >= 15 is 0 Å². The van der Waals surface area contributed by atoms with Gasteiger partial charge in [-0.25, -0.2) is 13.4 Å². The predicted molar refractivity (Wildman–Crippen MR) is 159 cm³/mol. The van der Waals surface area contributed by atoms with E-state index in [-0.39, 0.29) is 17.3 Å². The molecular weight excluding hydrogens is 558 g/mol. The highest BCUT2D eigenvalue weighted by atomic mass is 32.2. The highest BCUT2D eigenvalue weighted by Gasteiger charge is 2.38. The number of amides is 1. The first-order valence-electron chi connectivity index (χ1n) is 13.3. The van der Waals surface area contributed by atoms with Crippen molar-refractivity contribution >= 4 is 54.3 Å². The topological polar surface area (TPSA) is 106 Å². The molecule has 0 unspecified atom stereocenters. The molecule has 0 radical (unpaired) electrons. The van der Waals surface area contributed by atoms with Crippen LogP contribution in [0.15, 0.2) is 104 Å². The van der Waals surface area contributed by atoms with Crippen LogP contribution in [0.5, 0.6) is 0 Å². The standard InChI is InChI=1S/C31H25N3O5S2/c35-30(33-31-32-26(19-40-31)22-7-11-29-24(18-22)13-16-39-29)27-3-1-2-14-34(27)41(36,37)25-8-4-20(5-9-25)21-6-10-28-23(17-21)12-15-38-28/h4-13,15-19,27H,1-3,14H2,(H,32,33,35)/t27-/m1/s1. The van der Waals surface area contributed by atoms with Crippen LogP contribution in [0.1, 0.15) is 19.3 Å². The molecule has 41 heavy (non-hydrogen) atoms. The molecule has 0 bridgehead atoms. The molecule has 10 heteroatoms. The first-order chi connectivity index (χ1) is 20.0. The summed E-state index contributed by atoms with van der Waals surface area (Å²) in [5.41, 5.74) is 5.09. The van der Waals surface area contributed by atoms with Crippen LogP contribution in [0.2, 0.25) is 0 Å². The van der Waals surface area contributed by atoms with Gasteiger partial charge in [-0.05, 0) is 78.6 Å². The van der Waals surface area contributed by atoms with Gasteiger partial charge in [-0.3, -0.25) is 4.79 Å². The molecule has 1 atom stereocenters. The molecule has 1 fully saturated rings. The van der Waals surface area contributed by atoms with Crippen LogP contribution in [0.3, 0.4) is 0 Å². The molecule has 1 amide bonds. The SMILES string of the molecule is O=C(Nc1nc(-c2ccc3occc3c2)cs1)[C@H]1CCCCN1S(=O)(=O)c1ccc(-c2ccc3occc3c2)cc1. The third-order valence-electron chi connectivity index (χ3n) is 7.49. The lowest BCUT2D eigenvalue weighted by molar-refractivity contribution is -0.120. The number of hydrogen-bond donors (Lipinski definition) is 1. The van der Waals surface area contributed by atoms with Crippen LogP contribution in [-0.2, 0) is 14.8 Å². The fourth-order valence-corrected chi connectivity index (χ4v) is 7.71. The summed E-state index contributed by atoms with van der Waals surface area (Å²) in [5.74, 6) is -0.371. The number of carbonyl (C=O) groups excluding carboxylic acids is 1. The Morgan fingerprint density at radius 1 is 0.854 bits per heavy atom. The van der Waals surface area contributed by atoms with Crippen LogP contribution in [0.25, 0.3) is 44.3 Å². The first kappa shape index (κ1) is 25.7. The van der Waals surface area contributed by atoms with E-state index in [0.29, 0.717) is 18.0 Å². The summed E-state index contributed by atoms with van der Waals surface area (Å²) in [5, 5.41) is 7.12. The molecule has 206 valence electrons. The van der Waals surface area contributed by atoms with Crippen LogP contribution >= 0.6 is 11.3 Å². The van der Waals surface area contributed by atoms with E-state index in [1.54, 1.807) is 36.8 Å². The Morgan fingerprint density at radius 2 is 1.51 bits per heavy atom. The Labute approximate surface area is 240 Å². The van der Waals surface area contributed by atoms with Crippen molar-refractivity contribution in [2.75, 3.05) is 11.9 Å². The van der Waals surface area contributed by atoms with Crippen molar-refractivity contribution in [2.45, 2.75) is 30.2 Å². The van der Waals surface area contributed by atoms with Crippen molar-refractivity contribution in [1.82, 2.24) is 9.29 Å². The van der Waals surface area contributed by atoms with E-state index in [1.165, 1.54) is 15.6 Å². The number of thiazole rings is 1. The number of nitrogens with zero attached hydrogens (tertiary/aromatic N) is 2. The second-order valence-electron chi connectivity index (χ2n) is 10.0. The first-order valence-corrected chi connectivity index (χ1v) is 15.6. The fourth-order valence-electron chi connectivity index (χ4n) is 5.33. The molecule has 3 aromatic heterocycles. The number of nitrogens with one attached hydrogen (secondary N) is 1. The molecule has 7 rings (SSSR count). The summed E-state index contributed by atoms with van der Waals surface area (Å²) in [6, 6.07) is 21.4. The van der Waals surface area contributed by atoms with Crippen molar-refractivity contribution in [1.29, 1.82) is 0 Å². The van der Waals surface area contributed by atoms with Crippen molar-refractivity contribution in [3.63, 3.8) is 0 Å². The van der Waals surface area contributed by atoms with E-state index in [1.807, 2.05) is 53.9 Å². The number of piperidine rings is 1. The van der Waals surface area contributed by atoms with Gasteiger partial charge in [0.25, 0.3) is 0 Å². The molecular formula is C31H25N3O5S2. The van der Waals surface area contributed by atoms with E-state index in [2.05, 4.69) is 10.3 Å². The number of anilines is 1. The molecule has 0 spiro atoms. The Hall–Kier alpha value is -4.25. The number of fused-ring (bicyclic) bond motifs is 2. The number of benzene rings is 3. The number of rotatable bonds is 6. The average Bonchev–Trinajstić information content (AvgIpc) is 3.77. The van der Waals surface area contributed by atoms with Gasteiger partial charge in [0.1, 0.15) is 17.2 Å². The van der Waals surface area contributed by atoms with Gasteiger partial charge in [-0.15, -0.1) is 11.3 Å². The number of carbonyl (C=O) groups is 1. The Balaban J connectivity index is 1.09. The smallest absolute Gasteiger partial charge is 0.244 e. The lowest BCUT2D eigenvalue weighted by Gasteiger charge is -2.33. The summed E-state index contributed by atoms with van der Waals surface area (Å²) in [4.78, 5) is 18.1. The molecule has 1 aliphatic rings. The fraction of sp³-hybridized carbons (Fsp3) is 0.161. The van der Waals surface area contributed by atoms with Gasteiger partial charge in [0.15, 0.2) is 5.13 Å². The molecule has 3 aromatic carbocycles. The normalized spacial score (nSPS) is 16.3. The summed E-state index contributed by atoms with van der Waals surface area (Å²) < 4.78 is 39.6. The van der Waals surface area contributed by atoms with Crippen LogP contribution in [0.4, 0.5) is 5.13 Å². The summed E-state index contributed by atoms with van der Waals surface area (Å²) >= 11 is 1.31. The maximum absolute atomic E-state index is 13.7. The molecule has 8 nitrogen and oxygen atoms in total. The number of furan rings is 2. The van der Waals surface area contributed by atoms with Crippen LogP contribution < -0.4 is 5.32 Å². The zero-order valence-corrected chi connectivity index (χ0v) is 23.5. The van der Waals surface area contributed by atoms with E-state index in [4.69, 9.17) is 8.83 Å². The number of hydrogen-bond acceptors (Lipinski definition) is 7. The Morgan fingerprint density at radius 3 is 2.24 bits per heavy atom. The highest BCUT2D eigenvalue weighted by Crippen LogP contribution is 2.31. The third kappa shape index (κ3) is 4.84. The van der Waals surface area contributed by atoms with Crippen molar-refractivity contribution < 1.29 is 22.0 Å². The molecule has 1 N–H and O–H groups in total. The zero-order chi connectivity index (χ0) is 28.0. The maximum atomic E-state index is 13.7. The molecule has 1 saturated heterocycles. The molecule has 4 heterocycles. The minimum Gasteiger partial charge on any atom is -0.464 e. The number of sulfonamides is 1. The quantitative estimate of drug-likeness (QED) is 0.223. The van der Waals surface area contributed by atoms with E-state index < -0.39 is 16.1 Å². The van der Waals surface area contributed by atoms with Crippen molar-refractivity contribution in [3.05, 3.63) is 90.7 Å². The second-order valence-corrected chi connectivity index (χ2v) is 12.8. The Bertz CT molecular complexity index is 1990. The summed E-state index contributed by atoms with van der Waals surface area (Å²) in [7, 11) is -3.89. The zero-order valence-electron chi connectivity index (χ0n) is 21.8. The largest absolute Gasteiger partial charge is 0.464 e. The lowest BCUT2D eigenvalue weighted by Crippen LogP contribution is -2.49. The summed E-state index contributed by atoms with van der Waals surface area (Å²) in [6.07, 6.45) is 5.20. The monoisotopic (exact) mass is 583 g/mol. The van der Waals surface area contributed by atoms with Gasteiger partial charge < -0.3 is 14.2 Å². The average molecular weight is 584 g/mol. The molecule has 1 aliphatic heterocycles. The van der Waals surface area contributed by atoms with Gasteiger partial charge in [0, 0.05) is 28.3 Å². The van der Waals surface area contributed by atoms with Crippen molar-refractivity contribution in [3.8, 4) is 22.4 Å². The van der Waals surface area contributed by atoms with Gasteiger partial charge in [-0.1, -0.05) is 24.6 Å². The molecule has 0 saturated carbocycles. The lowest BCUT2D eigenvalue weighted by atomic mass is 10.0. The maximum Gasteiger partial charge on any atom is 0.244 e. The van der Waals surface area contributed by atoms with Crippen LogP contribution in [-0.4, -0.2) is 36.2 Å². The predicted octanol–water partition coefficient (Wildman–Crippen LogP) is 7.15. The van der Waals surface area contributed by atoms with E-state index in [0.717, 1.165) is 50.7 Å². The van der Waals surface area contributed by atoms with Gasteiger partial charge in [-0.2, -0.15) is 4.31 Å². The third-order valence-corrected chi connectivity index (χ3v) is 10.2. The van der Waals surface area contributed by atoms with Crippen molar-refractivity contribution in [2.24, 2.45) is 0 Å². The number of aromatic nitrogens is 1. The highest BCUT2D eigenvalue weighted by molar-refractivity contribution is 7.89. The minimum absolute atomic E-state index is 0.163. The minimum atomic E-state index is -3.89. The van der Waals surface area contributed by atoms with Gasteiger partial charge >= 0.3 is 0 Å². The van der Waals surface area contributed by atoms with Gasteiger partial charge in [0.2, 0.25) is 15.9 Å².